The highest BCUT2D eigenvalue weighted by molar-refractivity contribution is 5.85. The van der Waals surface area contributed by atoms with E-state index in [4.69, 9.17) is 4.74 Å². The molecule has 1 amide bonds. The van der Waals surface area contributed by atoms with Crippen LogP contribution in [0, 0.1) is 5.92 Å². The molecular formula is C18H28N4O2. The van der Waals surface area contributed by atoms with Crippen molar-refractivity contribution >= 4 is 11.7 Å². The van der Waals surface area contributed by atoms with Gasteiger partial charge in [-0.15, -0.1) is 0 Å². The van der Waals surface area contributed by atoms with Crippen molar-refractivity contribution in [1.82, 2.24) is 15.3 Å². The molecule has 1 saturated heterocycles. The molecule has 0 bridgehead atoms. The van der Waals surface area contributed by atoms with Crippen LogP contribution in [-0.2, 0) is 16.0 Å². The monoisotopic (exact) mass is 332 g/mol. The topological polar surface area (TPSA) is 67.4 Å². The SMILES string of the molecule is CCc1cc(N2CCC(NC(=O)C(C)(OC)C3CC3)CC2)ncn1. The second kappa shape index (κ2) is 7.05. The van der Waals surface area contributed by atoms with Gasteiger partial charge >= 0.3 is 0 Å². The molecule has 1 saturated carbocycles. The average molecular weight is 332 g/mol. The number of anilines is 1. The number of carbonyl (C=O) groups excluding carboxylic acids is 1. The number of carbonyl (C=O) groups is 1. The van der Waals surface area contributed by atoms with Crippen molar-refractivity contribution in [2.45, 2.75) is 57.6 Å². The smallest absolute Gasteiger partial charge is 0.252 e. The molecule has 1 aliphatic carbocycles. The van der Waals surface area contributed by atoms with E-state index in [1.807, 2.05) is 6.92 Å². The molecule has 24 heavy (non-hydrogen) atoms. The molecule has 3 rings (SSSR count). The number of aromatic nitrogens is 2. The Labute approximate surface area is 144 Å². The van der Waals surface area contributed by atoms with Crippen molar-refractivity contribution in [3.8, 4) is 0 Å². The Hall–Kier alpha value is -1.69. The molecule has 6 nitrogen and oxygen atoms in total. The fourth-order valence-electron chi connectivity index (χ4n) is 3.41. The third kappa shape index (κ3) is 3.53. The van der Waals surface area contributed by atoms with Crippen LogP contribution in [0.25, 0.3) is 0 Å². The van der Waals surface area contributed by atoms with Gasteiger partial charge in [0.2, 0.25) is 0 Å². The molecule has 1 atom stereocenters. The Balaban J connectivity index is 1.54. The highest BCUT2D eigenvalue weighted by Crippen LogP contribution is 2.41. The summed E-state index contributed by atoms with van der Waals surface area (Å²) in [6.45, 7) is 5.82. The Morgan fingerprint density at radius 2 is 2.04 bits per heavy atom. The summed E-state index contributed by atoms with van der Waals surface area (Å²) in [7, 11) is 1.64. The van der Waals surface area contributed by atoms with Crippen LogP contribution in [0.5, 0.6) is 0 Å². The lowest BCUT2D eigenvalue weighted by atomic mass is 9.97. The highest BCUT2D eigenvalue weighted by Gasteiger charge is 2.48. The molecule has 2 heterocycles. The molecule has 2 fully saturated rings. The Kier molecular flexibility index (Phi) is 5.04. The van der Waals surface area contributed by atoms with Gasteiger partial charge in [-0.25, -0.2) is 9.97 Å². The van der Waals surface area contributed by atoms with Gasteiger partial charge in [-0.05, 0) is 44.9 Å². The summed E-state index contributed by atoms with van der Waals surface area (Å²) in [5.74, 6) is 1.41. The predicted octanol–water partition coefficient (Wildman–Crippen LogP) is 1.94. The number of ether oxygens (including phenoxy) is 1. The summed E-state index contributed by atoms with van der Waals surface area (Å²) < 4.78 is 5.54. The van der Waals surface area contributed by atoms with Gasteiger partial charge in [-0.3, -0.25) is 4.79 Å². The first-order valence-corrected chi connectivity index (χ1v) is 8.98. The zero-order valence-corrected chi connectivity index (χ0v) is 14.9. The molecule has 2 aliphatic rings. The van der Waals surface area contributed by atoms with Crippen LogP contribution in [0.3, 0.4) is 0 Å². The normalized spacial score (nSPS) is 21.4. The molecular weight excluding hydrogens is 304 g/mol. The number of amides is 1. The molecule has 0 spiro atoms. The van der Waals surface area contributed by atoms with Crippen LogP contribution < -0.4 is 10.2 Å². The summed E-state index contributed by atoms with van der Waals surface area (Å²) in [6, 6.07) is 2.28. The van der Waals surface area contributed by atoms with E-state index in [0.717, 1.165) is 56.7 Å². The maximum absolute atomic E-state index is 12.6. The third-order valence-electron chi connectivity index (χ3n) is 5.46. The van der Waals surface area contributed by atoms with Gasteiger partial charge in [0.25, 0.3) is 5.91 Å². The molecule has 1 N–H and O–H groups in total. The lowest BCUT2D eigenvalue weighted by molar-refractivity contribution is -0.144. The van der Waals surface area contributed by atoms with Gasteiger partial charge in [0.15, 0.2) is 0 Å². The molecule has 0 radical (unpaired) electrons. The summed E-state index contributed by atoms with van der Waals surface area (Å²) in [5, 5.41) is 3.20. The molecule has 1 aromatic rings. The summed E-state index contributed by atoms with van der Waals surface area (Å²) in [4.78, 5) is 23.5. The van der Waals surface area contributed by atoms with Crippen LogP contribution in [0.1, 0.15) is 45.2 Å². The second-order valence-corrected chi connectivity index (χ2v) is 7.04. The van der Waals surface area contributed by atoms with Crippen LogP contribution >= 0.6 is 0 Å². The minimum atomic E-state index is -0.667. The molecule has 1 aliphatic heterocycles. The number of nitrogens with one attached hydrogen (secondary N) is 1. The number of hydrogen-bond donors (Lipinski definition) is 1. The first-order chi connectivity index (χ1) is 11.6. The highest BCUT2D eigenvalue weighted by atomic mass is 16.5. The van der Waals surface area contributed by atoms with Crippen molar-refractivity contribution in [3.05, 3.63) is 18.1 Å². The minimum Gasteiger partial charge on any atom is -0.368 e. The Bertz CT molecular complexity index is 582. The van der Waals surface area contributed by atoms with Crippen LogP contribution in [0.2, 0.25) is 0 Å². The molecule has 132 valence electrons. The fourth-order valence-corrected chi connectivity index (χ4v) is 3.41. The number of piperidine rings is 1. The van der Waals surface area contributed by atoms with Crippen molar-refractivity contribution in [1.29, 1.82) is 0 Å². The van der Waals surface area contributed by atoms with Crippen molar-refractivity contribution in [3.63, 3.8) is 0 Å². The lowest BCUT2D eigenvalue weighted by Gasteiger charge is -2.35. The van der Waals surface area contributed by atoms with E-state index < -0.39 is 5.60 Å². The van der Waals surface area contributed by atoms with E-state index in [9.17, 15) is 4.79 Å². The molecule has 6 heteroatoms. The number of methoxy groups -OCH3 is 1. The van der Waals surface area contributed by atoms with Crippen LogP contribution in [0.15, 0.2) is 12.4 Å². The Morgan fingerprint density at radius 3 is 2.62 bits per heavy atom. The number of aryl methyl sites for hydroxylation is 1. The summed E-state index contributed by atoms with van der Waals surface area (Å²) >= 11 is 0. The van der Waals surface area contributed by atoms with E-state index in [-0.39, 0.29) is 11.9 Å². The molecule has 0 aromatic carbocycles. The third-order valence-corrected chi connectivity index (χ3v) is 5.46. The van der Waals surface area contributed by atoms with Crippen LogP contribution in [0.4, 0.5) is 5.82 Å². The van der Waals surface area contributed by atoms with Gasteiger partial charge in [-0.2, -0.15) is 0 Å². The number of nitrogens with zero attached hydrogens (tertiary/aromatic N) is 3. The minimum absolute atomic E-state index is 0.0428. The van der Waals surface area contributed by atoms with Gasteiger partial charge in [0.05, 0.1) is 0 Å². The van der Waals surface area contributed by atoms with Crippen molar-refractivity contribution in [2.75, 3.05) is 25.1 Å². The largest absolute Gasteiger partial charge is 0.368 e. The fraction of sp³-hybridized carbons (Fsp3) is 0.722. The first-order valence-electron chi connectivity index (χ1n) is 8.98. The predicted molar refractivity (Wildman–Crippen MR) is 92.9 cm³/mol. The van der Waals surface area contributed by atoms with E-state index in [1.54, 1.807) is 13.4 Å². The van der Waals surface area contributed by atoms with Crippen molar-refractivity contribution in [2.24, 2.45) is 5.92 Å². The second-order valence-electron chi connectivity index (χ2n) is 7.04. The van der Waals surface area contributed by atoms with E-state index in [1.165, 1.54) is 0 Å². The summed E-state index contributed by atoms with van der Waals surface area (Å²) in [5.41, 5.74) is 0.399. The zero-order valence-electron chi connectivity index (χ0n) is 14.9. The quantitative estimate of drug-likeness (QED) is 0.862. The van der Waals surface area contributed by atoms with E-state index in [2.05, 4.69) is 33.2 Å². The average Bonchev–Trinajstić information content (AvgIpc) is 3.47. The van der Waals surface area contributed by atoms with Gasteiger partial charge < -0.3 is 15.0 Å². The molecule has 1 aromatic heterocycles. The lowest BCUT2D eigenvalue weighted by Crippen LogP contribution is -2.53. The van der Waals surface area contributed by atoms with E-state index in [0.29, 0.717) is 5.92 Å². The molecule has 1 unspecified atom stereocenters. The number of hydrogen-bond acceptors (Lipinski definition) is 5. The van der Waals surface area contributed by atoms with Gasteiger partial charge in [-0.1, -0.05) is 6.92 Å². The standard InChI is InChI=1S/C18H28N4O2/c1-4-14-11-16(20-12-19-14)22-9-7-15(8-10-22)21-17(23)18(2,24-3)13-5-6-13/h11-13,15H,4-10H2,1-3H3,(H,21,23). The maximum atomic E-state index is 12.6. The maximum Gasteiger partial charge on any atom is 0.252 e. The van der Waals surface area contributed by atoms with Gasteiger partial charge in [0, 0.05) is 38.0 Å². The summed E-state index contributed by atoms with van der Waals surface area (Å²) in [6.07, 6.45) is 6.59. The Morgan fingerprint density at radius 1 is 1.33 bits per heavy atom. The van der Waals surface area contributed by atoms with Crippen molar-refractivity contribution < 1.29 is 9.53 Å². The first kappa shape index (κ1) is 17.1. The zero-order chi connectivity index (χ0) is 17.2. The van der Waals surface area contributed by atoms with Gasteiger partial charge in [0.1, 0.15) is 17.7 Å². The van der Waals surface area contributed by atoms with Crippen LogP contribution in [-0.4, -0.2) is 47.7 Å². The van der Waals surface area contributed by atoms with E-state index >= 15 is 0 Å². The number of rotatable bonds is 6.